The highest BCUT2D eigenvalue weighted by molar-refractivity contribution is 6.09. The van der Waals surface area contributed by atoms with E-state index in [-0.39, 0.29) is 24.8 Å². The van der Waals surface area contributed by atoms with Crippen molar-refractivity contribution in [2.45, 2.75) is 12.8 Å². The lowest BCUT2D eigenvalue weighted by Gasteiger charge is -2.11. The van der Waals surface area contributed by atoms with Crippen LogP contribution in [-0.4, -0.2) is 36.5 Å². The highest BCUT2D eigenvalue weighted by Gasteiger charge is 2.14. The van der Waals surface area contributed by atoms with Gasteiger partial charge in [0, 0.05) is 18.5 Å². The molecule has 0 aliphatic rings. The zero-order valence-corrected chi connectivity index (χ0v) is 14.3. The summed E-state index contributed by atoms with van der Waals surface area (Å²) in [6.45, 7) is 0.242. The quantitative estimate of drug-likeness (QED) is 0.631. The molecule has 7 nitrogen and oxygen atoms in total. The molecule has 2 amide bonds. The number of aliphatic carboxylic acids is 1. The van der Waals surface area contributed by atoms with E-state index in [0.717, 1.165) is 0 Å². The van der Waals surface area contributed by atoms with Crippen molar-refractivity contribution in [1.82, 2.24) is 5.32 Å². The molecule has 0 atom stereocenters. The molecule has 0 unspecified atom stereocenters. The molecule has 0 radical (unpaired) electrons. The van der Waals surface area contributed by atoms with Crippen LogP contribution in [0.25, 0.3) is 0 Å². The number of ether oxygens (including phenoxy) is 1. The standard InChI is InChI=1S/C19H20N2O5/c1-26-14-10-8-13(9-11-14)18(24)21-16-6-3-2-5-15(16)19(25)20-12-4-7-17(22)23/h2-3,5-6,8-11H,4,7,12H2,1H3,(H,20,25)(H,21,24)(H,22,23). The Hall–Kier alpha value is -3.35. The molecular weight excluding hydrogens is 336 g/mol. The SMILES string of the molecule is COc1ccc(C(=O)Nc2ccccc2C(=O)NCCCC(=O)O)cc1. The summed E-state index contributed by atoms with van der Waals surface area (Å²) in [5, 5.41) is 14.0. The zero-order valence-electron chi connectivity index (χ0n) is 14.3. The van der Waals surface area contributed by atoms with E-state index in [1.807, 2.05) is 0 Å². The van der Waals surface area contributed by atoms with Crippen molar-refractivity contribution < 1.29 is 24.2 Å². The van der Waals surface area contributed by atoms with Crippen LogP contribution in [0.2, 0.25) is 0 Å². The first-order chi connectivity index (χ1) is 12.5. The minimum absolute atomic E-state index is 0.0177. The fraction of sp³-hybridized carbons (Fsp3) is 0.211. The van der Waals surface area contributed by atoms with E-state index in [0.29, 0.717) is 29.0 Å². The van der Waals surface area contributed by atoms with Crippen LogP contribution in [0.1, 0.15) is 33.6 Å². The van der Waals surface area contributed by atoms with Crippen molar-refractivity contribution in [2.75, 3.05) is 19.0 Å². The molecule has 26 heavy (non-hydrogen) atoms. The molecule has 0 aliphatic carbocycles. The van der Waals surface area contributed by atoms with E-state index >= 15 is 0 Å². The number of carboxylic acid groups (broad SMARTS) is 1. The van der Waals surface area contributed by atoms with Crippen LogP contribution in [0.5, 0.6) is 5.75 Å². The molecule has 136 valence electrons. The van der Waals surface area contributed by atoms with Crippen LogP contribution in [0.15, 0.2) is 48.5 Å². The highest BCUT2D eigenvalue weighted by atomic mass is 16.5. The Morgan fingerprint density at radius 2 is 1.69 bits per heavy atom. The summed E-state index contributed by atoms with van der Waals surface area (Å²) in [6, 6.07) is 13.2. The molecule has 7 heteroatoms. The van der Waals surface area contributed by atoms with Gasteiger partial charge < -0.3 is 20.5 Å². The molecule has 0 fully saturated rings. The Labute approximate surface area is 151 Å². The van der Waals surface area contributed by atoms with Crippen LogP contribution in [-0.2, 0) is 4.79 Å². The number of anilines is 1. The highest BCUT2D eigenvalue weighted by Crippen LogP contribution is 2.17. The topological polar surface area (TPSA) is 105 Å². The van der Waals surface area contributed by atoms with E-state index in [9.17, 15) is 14.4 Å². The van der Waals surface area contributed by atoms with Crippen molar-refractivity contribution in [3.8, 4) is 5.75 Å². The zero-order chi connectivity index (χ0) is 18.9. The van der Waals surface area contributed by atoms with E-state index in [2.05, 4.69) is 10.6 Å². The van der Waals surface area contributed by atoms with E-state index in [1.165, 1.54) is 0 Å². The maximum Gasteiger partial charge on any atom is 0.303 e. The third-order valence-electron chi connectivity index (χ3n) is 3.63. The van der Waals surface area contributed by atoms with Gasteiger partial charge in [0.15, 0.2) is 0 Å². The summed E-state index contributed by atoms with van der Waals surface area (Å²) in [5.74, 6) is -0.992. The average molecular weight is 356 g/mol. The number of para-hydroxylation sites is 1. The Kier molecular flexibility index (Phi) is 6.73. The number of carboxylic acids is 1. The van der Waals surface area contributed by atoms with E-state index in [1.54, 1.807) is 55.6 Å². The summed E-state index contributed by atoms with van der Waals surface area (Å²) in [7, 11) is 1.54. The smallest absolute Gasteiger partial charge is 0.303 e. The first-order valence-corrected chi connectivity index (χ1v) is 8.05. The Balaban J connectivity index is 2.04. The van der Waals surface area contributed by atoms with Gasteiger partial charge in [0.25, 0.3) is 11.8 Å². The van der Waals surface area contributed by atoms with E-state index in [4.69, 9.17) is 9.84 Å². The molecule has 2 aromatic rings. The number of methoxy groups -OCH3 is 1. The summed E-state index contributed by atoms with van der Waals surface area (Å²) >= 11 is 0. The lowest BCUT2D eigenvalue weighted by molar-refractivity contribution is -0.137. The lowest BCUT2D eigenvalue weighted by Crippen LogP contribution is -2.26. The van der Waals surface area contributed by atoms with Gasteiger partial charge in [-0.15, -0.1) is 0 Å². The monoisotopic (exact) mass is 356 g/mol. The summed E-state index contributed by atoms with van der Waals surface area (Å²) < 4.78 is 5.06. The third kappa shape index (κ3) is 5.34. The van der Waals surface area contributed by atoms with Gasteiger partial charge in [-0.05, 0) is 42.8 Å². The predicted octanol–water partition coefficient (Wildman–Crippen LogP) is 2.54. The van der Waals surface area contributed by atoms with Gasteiger partial charge in [0.2, 0.25) is 0 Å². The molecule has 0 heterocycles. The van der Waals surface area contributed by atoms with Crippen molar-refractivity contribution in [3.63, 3.8) is 0 Å². The molecule has 0 bridgehead atoms. The normalized spacial score (nSPS) is 10.0. The van der Waals surface area contributed by atoms with Crippen LogP contribution >= 0.6 is 0 Å². The van der Waals surface area contributed by atoms with Gasteiger partial charge in [-0.1, -0.05) is 12.1 Å². The van der Waals surface area contributed by atoms with Crippen molar-refractivity contribution in [2.24, 2.45) is 0 Å². The second-order valence-corrected chi connectivity index (χ2v) is 5.48. The van der Waals surface area contributed by atoms with Gasteiger partial charge in [-0.2, -0.15) is 0 Å². The minimum atomic E-state index is -0.911. The Morgan fingerprint density at radius 3 is 2.35 bits per heavy atom. The van der Waals surface area contributed by atoms with Crippen molar-refractivity contribution in [3.05, 3.63) is 59.7 Å². The van der Waals surface area contributed by atoms with Gasteiger partial charge in [0.05, 0.1) is 18.4 Å². The molecule has 2 rings (SSSR count). The van der Waals surface area contributed by atoms with Crippen LogP contribution in [0, 0.1) is 0 Å². The molecule has 0 spiro atoms. The fourth-order valence-electron chi connectivity index (χ4n) is 2.26. The molecular formula is C19H20N2O5. The Bertz CT molecular complexity index is 787. The van der Waals surface area contributed by atoms with Crippen LogP contribution < -0.4 is 15.4 Å². The lowest BCUT2D eigenvalue weighted by atomic mass is 10.1. The maximum atomic E-state index is 12.4. The predicted molar refractivity (Wildman–Crippen MR) is 96.6 cm³/mol. The number of carbonyl (C=O) groups excluding carboxylic acids is 2. The fourth-order valence-corrected chi connectivity index (χ4v) is 2.26. The van der Waals surface area contributed by atoms with Crippen molar-refractivity contribution in [1.29, 1.82) is 0 Å². The molecule has 2 aromatic carbocycles. The van der Waals surface area contributed by atoms with Crippen LogP contribution in [0.3, 0.4) is 0 Å². The summed E-state index contributed by atoms with van der Waals surface area (Å²) in [5.41, 5.74) is 1.12. The summed E-state index contributed by atoms with van der Waals surface area (Å²) in [6.07, 6.45) is 0.317. The molecule has 0 saturated carbocycles. The first kappa shape index (κ1) is 19.0. The van der Waals surface area contributed by atoms with Crippen LogP contribution in [0.4, 0.5) is 5.69 Å². The molecule has 3 N–H and O–H groups in total. The first-order valence-electron chi connectivity index (χ1n) is 8.05. The second-order valence-electron chi connectivity index (χ2n) is 5.48. The summed E-state index contributed by atoms with van der Waals surface area (Å²) in [4.78, 5) is 35.2. The Morgan fingerprint density at radius 1 is 1.00 bits per heavy atom. The molecule has 0 saturated heterocycles. The van der Waals surface area contributed by atoms with E-state index < -0.39 is 5.97 Å². The number of amides is 2. The average Bonchev–Trinajstić information content (AvgIpc) is 2.65. The minimum Gasteiger partial charge on any atom is -0.497 e. The largest absolute Gasteiger partial charge is 0.497 e. The maximum absolute atomic E-state index is 12.4. The van der Waals surface area contributed by atoms with Gasteiger partial charge >= 0.3 is 5.97 Å². The van der Waals surface area contributed by atoms with Gasteiger partial charge in [-0.3, -0.25) is 14.4 Å². The second kappa shape index (κ2) is 9.22. The number of carbonyl (C=O) groups is 3. The van der Waals surface area contributed by atoms with Gasteiger partial charge in [-0.25, -0.2) is 0 Å². The molecule has 0 aromatic heterocycles. The molecule has 0 aliphatic heterocycles. The van der Waals surface area contributed by atoms with Gasteiger partial charge in [0.1, 0.15) is 5.75 Å². The third-order valence-corrected chi connectivity index (χ3v) is 3.63. The number of hydrogen-bond acceptors (Lipinski definition) is 4. The number of hydrogen-bond donors (Lipinski definition) is 3. The van der Waals surface area contributed by atoms with Crippen molar-refractivity contribution >= 4 is 23.5 Å². The number of nitrogens with one attached hydrogen (secondary N) is 2. The number of rotatable bonds is 8. The number of benzene rings is 2.